The maximum Gasteiger partial charge on any atom is 0.326 e. The second-order valence-electron chi connectivity index (χ2n) is 7.03. The molecule has 13 heteroatoms. The van der Waals surface area contributed by atoms with Gasteiger partial charge in [0.15, 0.2) is 0 Å². The molecule has 4 atom stereocenters. The summed E-state index contributed by atoms with van der Waals surface area (Å²) in [7, 11) is 0. The first kappa shape index (κ1) is 28.6. The fourth-order valence-electron chi connectivity index (χ4n) is 2.52. The van der Waals surface area contributed by atoms with E-state index in [2.05, 4.69) is 16.0 Å². The molecule has 0 bridgehead atoms. The molecule has 0 aromatic carbocycles. The zero-order valence-corrected chi connectivity index (χ0v) is 18.7. The smallest absolute Gasteiger partial charge is 0.326 e. The summed E-state index contributed by atoms with van der Waals surface area (Å²) in [5, 5.41) is 16.7. The van der Waals surface area contributed by atoms with Crippen LogP contribution in [0.4, 0.5) is 0 Å². The van der Waals surface area contributed by atoms with Crippen molar-refractivity contribution in [1.29, 1.82) is 0 Å². The number of thioether (sulfide) groups is 1. The highest BCUT2D eigenvalue weighted by Gasteiger charge is 2.28. The Bertz CT molecular complexity index is 635. The number of amides is 4. The van der Waals surface area contributed by atoms with Gasteiger partial charge in [-0.15, -0.1) is 0 Å². The van der Waals surface area contributed by atoms with E-state index in [4.69, 9.17) is 17.2 Å². The number of carboxylic acids is 1. The third-order valence-electron chi connectivity index (χ3n) is 4.32. The summed E-state index contributed by atoms with van der Waals surface area (Å²) < 4.78 is 0. The number of hydrogen-bond donors (Lipinski definition) is 7. The van der Waals surface area contributed by atoms with Crippen LogP contribution >= 0.6 is 11.8 Å². The second kappa shape index (κ2) is 15.4. The molecule has 0 rings (SSSR count). The van der Waals surface area contributed by atoms with Crippen molar-refractivity contribution >= 4 is 41.4 Å². The molecule has 4 unspecified atom stereocenters. The number of carboxylic acid groups (broad SMARTS) is 1. The molecule has 0 spiro atoms. The van der Waals surface area contributed by atoms with Crippen molar-refractivity contribution in [2.24, 2.45) is 17.2 Å². The molecular formula is C18H34N6O6S. The van der Waals surface area contributed by atoms with Gasteiger partial charge in [-0.05, 0) is 51.2 Å². The highest BCUT2D eigenvalue weighted by Crippen LogP contribution is 2.05. The molecule has 12 nitrogen and oxygen atoms in total. The van der Waals surface area contributed by atoms with E-state index < -0.39 is 53.8 Å². The van der Waals surface area contributed by atoms with Crippen molar-refractivity contribution in [2.75, 3.05) is 18.6 Å². The van der Waals surface area contributed by atoms with E-state index in [1.54, 1.807) is 0 Å². The van der Waals surface area contributed by atoms with Crippen molar-refractivity contribution < 1.29 is 29.1 Å². The zero-order valence-electron chi connectivity index (χ0n) is 17.9. The molecule has 0 aromatic rings. The monoisotopic (exact) mass is 462 g/mol. The summed E-state index contributed by atoms with van der Waals surface area (Å²) >= 11 is 1.45. The van der Waals surface area contributed by atoms with Crippen LogP contribution in [0, 0.1) is 0 Å². The average Bonchev–Trinajstić information content (AvgIpc) is 2.69. The van der Waals surface area contributed by atoms with Crippen LogP contribution in [-0.2, 0) is 24.0 Å². The number of primary amides is 1. The molecule has 0 aromatic heterocycles. The molecule has 0 heterocycles. The largest absolute Gasteiger partial charge is 0.480 e. The first-order chi connectivity index (χ1) is 14.5. The predicted octanol–water partition coefficient (Wildman–Crippen LogP) is -2.37. The summed E-state index contributed by atoms with van der Waals surface area (Å²) in [5.41, 5.74) is 15.9. The number of unbranched alkanes of at least 4 members (excludes halogenated alkanes) is 1. The van der Waals surface area contributed by atoms with E-state index in [1.807, 2.05) is 6.26 Å². The quantitative estimate of drug-likeness (QED) is 0.122. The topological polar surface area (TPSA) is 220 Å². The van der Waals surface area contributed by atoms with Gasteiger partial charge in [0.25, 0.3) is 0 Å². The minimum atomic E-state index is -1.20. The molecule has 178 valence electrons. The molecule has 0 fully saturated rings. The maximum atomic E-state index is 12.6. The highest BCUT2D eigenvalue weighted by molar-refractivity contribution is 7.98. The van der Waals surface area contributed by atoms with Crippen molar-refractivity contribution in [2.45, 2.75) is 63.2 Å². The molecule has 10 N–H and O–H groups in total. The average molecular weight is 463 g/mol. The van der Waals surface area contributed by atoms with Gasteiger partial charge in [-0.1, -0.05) is 0 Å². The van der Waals surface area contributed by atoms with Gasteiger partial charge in [0.2, 0.25) is 23.6 Å². The molecule has 0 aliphatic rings. The molecule has 31 heavy (non-hydrogen) atoms. The number of aliphatic carboxylic acids is 1. The minimum Gasteiger partial charge on any atom is -0.480 e. The second-order valence-corrected chi connectivity index (χ2v) is 8.02. The molecule has 0 saturated heterocycles. The van der Waals surface area contributed by atoms with Gasteiger partial charge < -0.3 is 38.3 Å². The first-order valence-electron chi connectivity index (χ1n) is 9.90. The van der Waals surface area contributed by atoms with Crippen LogP contribution in [0.15, 0.2) is 0 Å². The van der Waals surface area contributed by atoms with Crippen LogP contribution in [-0.4, -0.2) is 77.4 Å². The normalized spacial score (nSPS) is 14.6. The third-order valence-corrected chi connectivity index (χ3v) is 4.96. The Kier molecular flexibility index (Phi) is 14.2. The van der Waals surface area contributed by atoms with Gasteiger partial charge >= 0.3 is 5.97 Å². The van der Waals surface area contributed by atoms with Crippen molar-refractivity contribution in [3.8, 4) is 0 Å². The van der Waals surface area contributed by atoms with Crippen LogP contribution in [0.5, 0.6) is 0 Å². The van der Waals surface area contributed by atoms with Crippen molar-refractivity contribution in [3.63, 3.8) is 0 Å². The standard InChI is InChI=1S/C18H34N6O6S/c1-10(22-16(27)11(20)9-14(21)25)15(26)23-12(6-8-31-2)17(28)24-13(18(29)30)5-3-4-7-19/h10-13H,3-9,19-20H2,1-2H3,(H2,21,25)(H,22,27)(H,23,26)(H,24,28)(H,29,30). The zero-order chi connectivity index (χ0) is 24.0. The van der Waals surface area contributed by atoms with Gasteiger partial charge in [0, 0.05) is 0 Å². The Hall–Kier alpha value is -2.38. The van der Waals surface area contributed by atoms with Gasteiger partial charge in [-0.25, -0.2) is 4.79 Å². The van der Waals surface area contributed by atoms with Gasteiger partial charge in [-0.3, -0.25) is 19.2 Å². The summed E-state index contributed by atoms with van der Waals surface area (Å²) in [6.07, 6.45) is 3.08. The van der Waals surface area contributed by atoms with E-state index in [0.29, 0.717) is 25.1 Å². The van der Waals surface area contributed by atoms with Crippen LogP contribution in [0.25, 0.3) is 0 Å². The lowest BCUT2D eigenvalue weighted by Gasteiger charge is -2.23. The van der Waals surface area contributed by atoms with E-state index in [0.717, 1.165) is 0 Å². The summed E-state index contributed by atoms with van der Waals surface area (Å²) in [6.45, 7) is 1.81. The number of rotatable bonds is 16. The lowest BCUT2D eigenvalue weighted by molar-refractivity contribution is -0.142. The number of hydrogen-bond acceptors (Lipinski definition) is 8. The van der Waals surface area contributed by atoms with E-state index in [-0.39, 0.29) is 19.3 Å². The number of carbonyl (C=O) groups is 5. The number of nitrogens with one attached hydrogen (secondary N) is 3. The lowest BCUT2D eigenvalue weighted by Crippen LogP contribution is -2.56. The van der Waals surface area contributed by atoms with E-state index in [9.17, 15) is 29.1 Å². The molecule has 0 aliphatic heterocycles. The molecule has 0 aliphatic carbocycles. The maximum absolute atomic E-state index is 12.6. The van der Waals surface area contributed by atoms with Crippen LogP contribution < -0.4 is 33.2 Å². The fourth-order valence-corrected chi connectivity index (χ4v) is 2.99. The molecule has 0 saturated carbocycles. The summed E-state index contributed by atoms with van der Waals surface area (Å²) in [5.74, 6) is -3.43. The van der Waals surface area contributed by atoms with Crippen LogP contribution in [0.2, 0.25) is 0 Å². The SMILES string of the molecule is CSCCC(NC(=O)C(C)NC(=O)C(N)CC(N)=O)C(=O)NC(CCCCN)C(=O)O. The molecule has 0 radical (unpaired) electrons. The van der Waals surface area contributed by atoms with Crippen molar-refractivity contribution in [1.82, 2.24) is 16.0 Å². The van der Waals surface area contributed by atoms with Crippen LogP contribution in [0.1, 0.15) is 39.0 Å². The fraction of sp³-hybridized carbons (Fsp3) is 0.722. The Labute approximate surface area is 185 Å². The minimum absolute atomic E-state index is 0.214. The highest BCUT2D eigenvalue weighted by atomic mass is 32.2. The van der Waals surface area contributed by atoms with E-state index >= 15 is 0 Å². The lowest BCUT2D eigenvalue weighted by atomic mass is 10.1. The Morgan fingerprint density at radius 3 is 2.06 bits per heavy atom. The van der Waals surface area contributed by atoms with Crippen molar-refractivity contribution in [3.05, 3.63) is 0 Å². The van der Waals surface area contributed by atoms with Gasteiger partial charge in [-0.2, -0.15) is 11.8 Å². The summed E-state index contributed by atoms with van der Waals surface area (Å²) in [6, 6.07) is -4.34. The van der Waals surface area contributed by atoms with Gasteiger partial charge in [0.05, 0.1) is 12.5 Å². The number of nitrogens with two attached hydrogens (primary N) is 3. The van der Waals surface area contributed by atoms with Crippen LogP contribution in [0.3, 0.4) is 0 Å². The Morgan fingerprint density at radius 2 is 1.55 bits per heavy atom. The van der Waals surface area contributed by atoms with Gasteiger partial charge in [0.1, 0.15) is 18.1 Å². The Morgan fingerprint density at radius 1 is 0.935 bits per heavy atom. The summed E-state index contributed by atoms with van der Waals surface area (Å²) in [4.78, 5) is 59.3. The molecular weight excluding hydrogens is 428 g/mol. The predicted molar refractivity (Wildman–Crippen MR) is 117 cm³/mol. The van der Waals surface area contributed by atoms with E-state index in [1.165, 1.54) is 18.7 Å². The molecule has 4 amide bonds. The first-order valence-corrected chi connectivity index (χ1v) is 11.3. The Balaban J connectivity index is 5.02. The third kappa shape index (κ3) is 12.2. The number of carbonyl (C=O) groups excluding carboxylic acids is 4.